The van der Waals surface area contributed by atoms with Crippen LogP contribution in [0.3, 0.4) is 0 Å². The third kappa shape index (κ3) is 2.68. The summed E-state index contributed by atoms with van der Waals surface area (Å²) in [6.07, 6.45) is 4.23. The number of hydrogen-bond acceptors (Lipinski definition) is 3. The van der Waals surface area contributed by atoms with Crippen LogP contribution in [-0.2, 0) is 11.3 Å². The first-order chi connectivity index (χ1) is 11.7. The van der Waals surface area contributed by atoms with E-state index in [0.29, 0.717) is 13.0 Å². The van der Waals surface area contributed by atoms with E-state index in [1.54, 1.807) is 6.20 Å². The Morgan fingerprint density at radius 2 is 2.21 bits per heavy atom. The van der Waals surface area contributed by atoms with Crippen LogP contribution in [0, 0.1) is 6.92 Å². The Morgan fingerprint density at radius 3 is 3.00 bits per heavy atom. The SMILES string of the molecule is Cc1ccnn1CCC(=O)N1CCCC1c1nc2ccccc2[nH]1. The van der Waals surface area contributed by atoms with Gasteiger partial charge in [-0.2, -0.15) is 5.10 Å². The fraction of sp³-hybridized carbons (Fsp3) is 0.389. The number of imidazole rings is 1. The first-order valence-electron chi connectivity index (χ1n) is 8.45. The summed E-state index contributed by atoms with van der Waals surface area (Å²) < 4.78 is 1.88. The number of carbonyl (C=O) groups is 1. The highest BCUT2D eigenvalue weighted by molar-refractivity contribution is 5.78. The number of H-pyrrole nitrogens is 1. The van der Waals surface area contributed by atoms with E-state index in [0.717, 1.165) is 41.9 Å². The number of rotatable bonds is 4. The molecule has 0 radical (unpaired) electrons. The van der Waals surface area contributed by atoms with Crippen LogP contribution in [-0.4, -0.2) is 37.1 Å². The normalized spacial score (nSPS) is 17.7. The van der Waals surface area contributed by atoms with Crippen molar-refractivity contribution in [3.63, 3.8) is 0 Å². The van der Waals surface area contributed by atoms with E-state index in [2.05, 4.69) is 15.1 Å². The van der Waals surface area contributed by atoms with E-state index < -0.39 is 0 Å². The molecule has 1 saturated heterocycles. The van der Waals surface area contributed by atoms with Crippen molar-refractivity contribution in [2.75, 3.05) is 6.54 Å². The lowest BCUT2D eigenvalue weighted by Gasteiger charge is -2.23. The molecule has 6 nitrogen and oxygen atoms in total. The maximum Gasteiger partial charge on any atom is 0.225 e. The molecule has 1 amide bonds. The summed E-state index contributed by atoms with van der Waals surface area (Å²) in [7, 11) is 0. The maximum atomic E-state index is 12.7. The lowest BCUT2D eigenvalue weighted by molar-refractivity contribution is -0.132. The summed E-state index contributed by atoms with van der Waals surface area (Å²) in [5.74, 6) is 1.07. The third-order valence-corrected chi connectivity index (χ3v) is 4.76. The van der Waals surface area contributed by atoms with Gasteiger partial charge in [-0.15, -0.1) is 0 Å². The first kappa shape index (κ1) is 14.9. The number of fused-ring (bicyclic) bond motifs is 1. The Balaban J connectivity index is 1.49. The fourth-order valence-electron chi connectivity index (χ4n) is 3.46. The summed E-state index contributed by atoms with van der Waals surface area (Å²) in [4.78, 5) is 22.7. The molecule has 1 N–H and O–H groups in total. The molecule has 3 heterocycles. The molecular formula is C18H21N5O. The summed E-state index contributed by atoms with van der Waals surface area (Å²) in [5.41, 5.74) is 3.07. The number of carbonyl (C=O) groups excluding carboxylic acids is 1. The van der Waals surface area contributed by atoms with Gasteiger partial charge in [0.2, 0.25) is 5.91 Å². The topological polar surface area (TPSA) is 66.8 Å². The number of benzene rings is 1. The van der Waals surface area contributed by atoms with Crippen molar-refractivity contribution in [3.05, 3.63) is 48.0 Å². The highest BCUT2D eigenvalue weighted by Gasteiger charge is 2.31. The molecule has 1 aliphatic heterocycles. The second-order valence-corrected chi connectivity index (χ2v) is 6.33. The van der Waals surface area contributed by atoms with Gasteiger partial charge in [0, 0.05) is 31.4 Å². The molecule has 1 aromatic carbocycles. The van der Waals surface area contributed by atoms with Gasteiger partial charge in [0.05, 0.1) is 17.1 Å². The molecule has 0 saturated carbocycles. The van der Waals surface area contributed by atoms with Crippen molar-refractivity contribution in [1.29, 1.82) is 0 Å². The van der Waals surface area contributed by atoms with E-state index >= 15 is 0 Å². The van der Waals surface area contributed by atoms with Gasteiger partial charge in [-0.05, 0) is 38.0 Å². The molecule has 3 aromatic rings. The monoisotopic (exact) mass is 323 g/mol. The molecule has 1 unspecified atom stereocenters. The van der Waals surface area contributed by atoms with Gasteiger partial charge in [0.15, 0.2) is 0 Å². The summed E-state index contributed by atoms with van der Waals surface area (Å²) in [6.45, 7) is 3.43. The number of nitrogens with zero attached hydrogens (tertiary/aromatic N) is 4. The van der Waals surface area contributed by atoms with Crippen molar-refractivity contribution < 1.29 is 4.79 Å². The average Bonchev–Trinajstić information content (AvgIpc) is 3.31. The predicted molar refractivity (Wildman–Crippen MR) is 91.4 cm³/mol. The van der Waals surface area contributed by atoms with E-state index in [1.165, 1.54) is 0 Å². The van der Waals surface area contributed by atoms with Gasteiger partial charge in [-0.1, -0.05) is 12.1 Å². The van der Waals surface area contributed by atoms with Crippen molar-refractivity contribution in [3.8, 4) is 0 Å². The number of amides is 1. The average molecular weight is 323 g/mol. The second kappa shape index (κ2) is 6.11. The lowest BCUT2D eigenvalue weighted by Crippen LogP contribution is -2.31. The van der Waals surface area contributed by atoms with Gasteiger partial charge in [0.25, 0.3) is 0 Å². The van der Waals surface area contributed by atoms with Gasteiger partial charge >= 0.3 is 0 Å². The van der Waals surface area contributed by atoms with Crippen LogP contribution in [0.2, 0.25) is 0 Å². The summed E-state index contributed by atoms with van der Waals surface area (Å²) in [5, 5.41) is 4.25. The van der Waals surface area contributed by atoms with Gasteiger partial charge in [-0.3, -0.25) is 9.48 Å². The molecule has 2 aromatic heterocycles. The maximum absolute atomic E-state index is 12.7. The second-order valence-electron chi connectivity index (χ2n) is 6.33. The van der Waals surface area contributed by atoms with Crippen LogP contribution in [0.15, 0.2) is 36.5 Å². The molecule has 6 heteroatoms. The van der Waals surface area contributed by atoms with Gasteiger partial charge < -0.3 is 9.88 Å². The summed E-state index contributed by atoms with van der Waals surface area (Å²) >= 11 is 0. The van der Waals surface area contributed by atoms with Crippen LogP contribution in [0.25, 0.3) is 11.0 Å². The summed E-state index contributed by atoms with van der Waals surface area (Å²) in [6, 6.07) is 10.0. The van der Waals surface area contributed by atoms with Crippen molar-refractivity contribution in [1.82, 2.24) is 24.6 Å². The van der Waals surface area contributed by atoms with E-state index in [1.807, 2.05) is 46.8 Å². The molecule has 1 atom stereocenters. The molecule has 1 fully saturated rings. The minimum Gasteiger partial charge on any atom is -0.340 e. The highest BCUT2D eigenvalue weighted by Crippen LogP contribution is 2.31. The Bertz CT molecular complexity index is 832. The van der Waals surface area contributed by atoms with E-state index in [9.17, 15) is 4.79 Å². The number of nitrogens with one attached hydrogen (secondary N) is 1. The molecular weight excluding hydrogens is 302 g/mol. The zero-order chi connectivity index (χ0) is 16.5. The van der Waals surface area contributed by atoms with Gasteiger partial charge in [0.1, 0.15) is 5.82 Å². The fourth-order valence-corrected chi connectivity index (χ4v) is 3.46. The third-order valence-electron chi connectivity index (χ3n) is 4.76. The quantitative estimate of drug-likeness (QED) is 0.803. The Kier molecular flexibility index (Phi) is 3.80. The standard InChI is InChI=1S/C18H21N5O/c1-13-8-10-19-23(13)12-9-17(24)22-11-4-7-16(22)18-20-14-5-2-3-6-15(14)21-18/h2-3,5-6,8,10,16H,4,7,9,11-12H2,1H3,(H,20,21). The minimum absolute atomic E-state index is 0.0589. The number of aryl methyl sites for hydroxylation is 2. The van der Waals surface area contributed by atoms with Crippen LogP contribution in [0.5, 0.6) is 0 Å². The van der Waals surface area contributed by atoms with E-state index in [-0.39, 0.29) is 11.9 Å². The molecule has 0 aliphatic carbocycles. The Hall–Kier alpha value is -2.63. The Morgan fingerprint density at radius 1 is 1.33 bits per heavy atom. The van der Waals surface area contributed by atoms with Crippen LogP contribution in [0.1, 0.15) is 36.8 Å². The zero-order valence-electron chi connectivity index (χ0n) is 13.8. The largest absolute Gasteiger partial charge is 0.340 e. The number of aromatic amines is 1. The number of aromatic nitrogens is 4. The van der Waals surface area contributed by atoms with Crippen molar-refractivity contribution in [2.24, 2.45) is 0 Å². The van der Waals surface area contributed by atoms with Gasteiger partial charge in [-0.25, -0.2) is 4.98 Å². The van der Waals surface area contributed by atoms with Crippen LogP contribution >= 0.6 is 0 Å². The lowest BCUT2D eigenvalue weighted by atomic mass is 10.2. The smallest absolute Gasteiger partial charge is 0.225 e. The molecule has 0 spiro atoms. The van der Waals surface area contributed by atoms with Crippen molar-refractivity contribution in [2.45, 2.75) is 38.8 Å². The minimum atomic E-state index is 0.0589. The molecule has 24 heavy (non-hydrogen) atoms. The number of likely N-dealkylation sites (tertiary alicyclic amines) is 1. The van der Waals surface area contributed by atoms with Crippen molar-refractivity contribution >= 4 is 16.9 Å². The number of hydrogen-bond donors (Lipinski definition) is 1. The van der Waals surface area contributed by atoms with Crippen LogP contribution < -0.4 is 0 Å². The number of para-hydroxylation sites is 2. The molecule has 1 aliphatic rings. The molecule has 124 valence electrons. The molecule has 0 bridgehead atoms. The zero-order valence-corrected chi connectivity index (χ0v) is 13.8. The predicted octanol–water partition coefficient (Wildman–Crippen LogP) is 2.82. The highest BCUT2D eigenvalue weighted by atomic mass is 16.2. The van der Waals surface area contributed by atoms with Crippen LogP contribution in [0.4, 0.5) is 0 Å². The van der Waals surface area contributed by atoms with E-state index in [4.69, 9.17) is 0 Å². The Labute approximate surface area is 140 Å². The molecule has 4 rings (SSSR count). The first-order valence-corrected chi connectivity index (χ1v) is 8.45.